The molecule has 0 saturated heterocycles. The monoisotopic (exact) mass is 336 g/mol. The topological polar surface area (TPSA) is 32.3 Å². The van der Waals surface area contributed by atoms with Gasteiger partial charge in [-0.2, -0.15) is 0 Å². The lowest BCUT2D eigenvalue weighted by Crippen LogP contribution is -2.37. The number of carbonyl (C=O) groups excluding carboxylic acids is 1. The Balaban J connectivity index is 2.20. The molecule has 3 nitrogen and oxygen atoms in total. The van der Waals surface area contributed by atoms with Crippen molar-refractivity contribution in [1.29, 1.82) is 0 Å². The van der Waals surface area contributed by atoms with Crippen molar-refractivity contribution in [2.24, 2.45) is 0 Å². The quantitative estimate of drug-likeness (QED) is 0.850. The third kappa shape index (κ3) is 3.94. The molecule has 2 rings (SSSR count). The van der Waals surface area contributed by atoms with E-state index in [-0.39, 0.29) is 0 Å². The van der Waals surface area contributed by atoms with Gasteiger partial charge in [-0.25, -0.2) is 13.2 Å². The fourth-order valence-electron chi connectivity index (χ4n) is 2.53. The van der Waals surface area contributed by atoms with Gasteiger partial charge in [0.05, 0.1) is 0 Å². The third-order valence-corrected chi connectivity index (χ3v) is 3.70. The molecule has 24 heavy (non-hydrogen) atoms. The van der Waals surface area contributed by atoms with E-state index in [1.807, 2.05) is 25.1 Å². The Kier molecular flexibility index (Phi) is 5.62. The molecule has 0 fully saturated rings. The molecule has 0 radical (unpaired) electrons. The predicted octanol–water partition coefficient (Wildman–Crippen LogP) is 3.33. The summed E-state index contributed by atoms with van der Waals surface area (Å²) in [6, 6.07) is 8.35. The van der Waals surface area contributed by atoms with Crippen molar-refractivity contribution in [2.45, 2.75) is 19.5 Å². The number of nitrogens with zero attached hydrogens (tertiary/aromatic N) is 1. The van der Waals surface area contributed by atoms with Crippen molar-refractivity contribution >= 4 is 5.91 Å². The summed E-state index contributed by atoms with van der Waals surface area (Å²) in [5, 5.41) is 2.48. The first-order chi connectivity index (χ1) is 11.3. The van der Waals surface area contributed by atoms with Crippen LogP contribution in [0.4, 0.5) is 13.2 Å². The molecule has 1 N–H and O–H groups in total. The SMILES string of the molecule is Cc1cccc(C(C(=O)NCc2c(F)ccc(F)c2F)N(C)C)c1. The number of halogens is 3. The summed E-state index contributed by atoms with van der Waals surface area (Å²) in [6.07, 6.45) is 0. The number of likely N-dealkylation sites (N-methyl/N-ethyl adjacent to an activating group) is 1. The van der Waals surface area contributed by atoms with E-state index < -0.39 is 41.5 Å². The van der Waals surface area contributed by atoms with Crippen LogP contribution in [0.5, 0.6) is 0 Å². The lowest BCUT2D eigenvalue weighted by molar-refractivity contribution is -0.126. The van der Waals surface area contributed by atoms with Crippen LogP contribution in [0.2, 0.25) is 0 Å². The second kappa shape index (κ2) is 7.49. The van der Waals surface area contributed by atoms with Gasteiger partial charge in [0.2, 0.25) is 5.91 Å². The highest BCUT2D eigenvalue weighted by Crippen LogP contribution is 2.21. The standard InChI is InChI=1S/C18H19F3N2O/c1-11-5-4-6-12(9-11)17(23(2)3)18(24)22-10-13-14(19)7-8-15(20)16(13)21/h4-9,17H,10H2,1-3H3,(H,22,24). The number of nitrogens with one attached hydrogen (secondary N) is 1. The normalized spacial score (nSPS) is 12.3. The van der Waals surface area contributed by atoms with E-state index in [1.165, 1.54) is 0 Å². The minimum absolute atomic E-state index is 0.423. The van der Waals surface area contributed by atoms with E-state index in [1.54, 1.807) is 25.1 Å². The molecule has 0 bridgehead atoms. The largest absolute Gasteiger partial charge is 0.350 e. The van der Waals surface area contributed by atoms with Crippen molar-refractivity contribution in [3.05, 3.63) is 70.5 Å². The van der Waals surface area contributed by atoms with Gasteiger partial charge < -0.3 is 5.32 Å². The minimum atomic E-state index is -1.28. The first-order valence-electron chi connectivity index (χ1n) is 7.44. The zero-order valence-corrected chi connectivity index (χ0v) is 13.7. The average molecular weight is 336 g/mol. The van der Waals surface area contributed by atoms with Gasteiger partial charge in [0.15, 0.2) is 11.6 Å². The lowest BCUT2D eigenvalue weighted by Gasteiger charge is -2.24. The Morgan fingerprint density at radius 1 is 1.12 bits per heavy atom. The predicted molar refractivity (Wildman–Crippen MR) is 85.8 cm³/mol. The summed E-state index contributed by atoms with van der Waals surface area (Å²) in [5.41, 5.74) is 1.26. The highest BCUT2D eigenvalue weighted by Gasteiger charge is 2.24. The molecular weight excluding hydrogens is 317 g/mol. The molecule has 0 aliphatic heterocycles. The maximum atomic E-state index is 13.7. The van der Waals surface area contributed by atoms with E-state index in [2.05, 4.69) is 5.32 Å². The molecule has 0 saturated carbocycles. The summed E-state index contributed by atoms with van der Waals surface area (Å²) >= 11 is 0. The second-order valence-electron chi connectivity index (χ2n) is 5.82. The number of carbonyl (C=O) groups is 1. The lowest BCUT2D eigenvalue weighted by atomic mass is 10.0. The van der Waals surface area contributed by atoms with Crippen molar-refractivity contribution in [3.8, 4) is 0 Å². The molecule has 0 aromatic heterocycles. The van der Waals surface area contributed by atoms with Crippen LogP contribution in [0, 0.1) is 24.4 Å². The molecular formula is C18H19F3N2O. The van der Waals surface area contributed by atoms with Crippen LogP contribution in [0.25, 0.3) is 0 Å². The number of benzene rings is 2. The van der Waals surface area contributed by atoms with Gasteiger partial charge in [-0.05, 0) is 38.7 Å². The Morgan fingerprint density at radius 3 is 2.42 bits per heavy atom. The maximum absolute atomic E-state index is 13.7. The number of hydrogen-bond acceptors (Lipinski definition) is 2. The van der Waals surface area contributed by atoms with E-state index in [0.717, 1.165) is 17.2 Å². The summed E-state index contributed by atoms with van der Waals surface area (Å²) in [5.74, 6) is -3.75. The Labute approximate surface area is 139 Å². The van der Waals surface area contributed by atoms with Crippen molar-refractivity contribution in [2.75, 3.05) is 14.1 Å². The van der Waals surface area contributed by atoms with Gasteiger partial charge >= 0.3 is 0 Å². The van der Waals surface area contributed by atoms with Crippen LogP contribution in [0.1, 0.15) is 22.7 Å². The highest BCUT2D eigenvalue weighted by atomic mass is 19.2. The van der Waals surface area contributed by atoms with E-state index in [9.17, 15) is 18.0 Å². The van der Waals surface area contributed by atoms with Crippen molar-refractivity contribution < 1.29 is 18.0 Å². The Bertz CT molecular complexity index is 747. The summed E-state index contributed by atoms with van der Waals surface area (Å²) < 4.78 is 40.5. The maximum Gasteiger partial charge on any atom is 0.242 e. The average Bonchev–Trinajstić information content (AvgIpc) is 2.51. The zero-order valence-electron chi connectivity index (χ0n) is 13.7. The van der Waals surface area contributed by atoms with Crippen LogP contribution in [-0.4, -0.2) is 24.9 Å². The van der Waals surface area contributed by atoms with E-state index >= 15 is 0 Å². The van der Waals surface area contributed by atoms with Gasteiger partial charge in [0.25, 0.3) is 0 Å². The molecule has 0 heterocycles. The van der Waals surface area contributed by atoms with Crippen LogP contribution < -0.4 is 5.32 Å². The summed E-state index contributed by atoms with van der Waals surface area (Å²) in [4.78, 5) is 14.2. The fourth-order valence-corrected chi connectivity index (χ4v) is 2.53. The number of hydrogen-bond donors (Lipinski definition) is 1. The third-order valence-electron chi connectivity index (χ3n) is 3.70. The summed E-state index contributed by atoms with van der Waals surface area (Å²) in [6.45, 7) is 1.48. The molecule has 2 aromatic rings. The van der Waals surface area contributed by atoms with Gasteiger partial charge in [-0.3, -0.25) is 9.69 Å². The van der Waals surface area contributed by atoms with Crippen molar-refractivity contribution in [3.63, 3.8) is 0 Å². The van der Waals surface area contributed by atoms with Crippen LogP contribution in [0.15, 0.2) is 36.4 Å². The first kappa shape index (κ1) is 18.0. The molecule has 1 unspecified atom stereocenters. The zero-order chi connectivity index (χ0) is 17.9. The molecule has 1 atom stereocenters. The highest BCUT2D eigenvalue weighted by molar-refractivity contribution is 5.83. The minimum Gasteiger partial charge on any atom is -0.350 e. The number of amides is 1. The Morgan fingerprint density at radius 2 is 1.79 bits per heavy atom. The van der Waals surface area contributed by atoms with E-state index in [0.29, 0.717) is 6.07 Å². The van der Waals surface area contributed by atoms with Crippen LogP contribution >= 0.6 is 0 Å². The van der Waals surface area contributed by atoms with Crippen LogP contribution in [-0.2, 0) is 11.3 Å². The van der Waals surface area contributed by atoms with Gasteiger partial charge in [0.1, 0.15) is 11.9 Å². The van der Waals surface area contributed by atoms with Crippen molar-refractivity contribution in [1.82, 2.24) is 10.2 Å². The molecule has 1 amide bonds. The number of rotatable bonds is 5. The van der Waals surface area contributed by atoms with Crippen LogP contribution in [0.3, 0.4) is 0 Å². The Hall–Kier alpha value is -2.34. The molecule has 2 aromatic carbocycles. The van der Waals surface area contributed by atoms with E-state index in [4.69, 9.17) is 0 Å². The van der Waals surface area contributed by atoms with Gasteiger partial charge in [-0.1, -0.05) is 29.8 Å². The number of aryl methyl sites for hydroxylation is 1. The fraction of sp³-hybridized carbons (Fsp3) is 0.278. The molecule has 0 aliphatic carbocycles. The second-order valence-corrected chi connectivity index (χ2v) is 5.82. The first-order valence-corrected chi connectivity index (χ1v) is 7.44. The summed E-state index contributed by atoms with van der Waals surface area (Å²) in [7, 11) is 3.46. The molecule has 6 heteroatoms. The molecule has 0 aliphatic rings. The van der Waals surface area contributed by atoms with Gasteiger partial charge in [-0.15, -0.1) is 0 Å². The molecule has 128 valence electrons. The molecule has 0 spiro atoms. The van der Waals surface area contributed by atoms with Gasteiger partial charge in [0, 0.05) is 12.1 Å². The smallest absolute Gasteiger partial charge is 0.242 e.